The topological polar surface area (TPSA) is 72.7 Å². The van der Waals surface area contributed by atoms with Crippen molar-refractivity contribution >= 4 is 45.7 Å². The van der Waals surface area contributed by atoms with Crippen LogP contribution in [0.15, 0.2) is 41.0 Å². The van der Waals surface area contributed by atoms with Gasteiger partial charge in [0.1, 0.15) is 5.82 Å². The van der Waals surface area contributed by atoms with Crippen LogP contribution in [0.1, 0.15) is 32.2 Å². The second-order valence-corrected chi connectivity index (χ2v) is 9.43. The molecule has 6 nitrogen and oxygen atoms in total. The fourth-order valence-electron chi connectivity index (χ4n) is 2.57. The number of carbonyl (C=O) groups is 1. The maximum Gasteiger partial charge on any atom is 0.239 e. The summed E-state index contributed by atoms with van der Waals surface area (Å²) in [6.07, 6.45) is 2.33. The number of hydrogen-bond acceptors (Lipinski definition) is 6. The highest BCUT2D eigenvalue weighted by molar-refractivity contribution is 8.00. The predicted octanol–water partition coefficient (Wildman–Crippen LogP) is 4.75. The number of aromatic nitrogens is 4. The minimum absolute atomic E-state index is 0.0988. The average molecular weight is 436 g/mol. The SMILES string of the molecule is CC(C)Cn1c(Cc2ccc(Cl)cc2)nnc1S[C@H](C)C(=O)Nc1nccs1. The molecule has 2 aromatic heterocycles. The molecule has 3 rings (SSSR count). The lowest BCUT2D eigenvalue weighted by atomic mass is 10.1. The van der Waals surface area contributed by atoms with Gasteiger partial charge in [0.2, 0.25) is 5.91 Å². The van der Waals surface area contributed by atoms with Crippen molar-refractivity contribution in [3.05, 3.63) is 52.3 Å². The lowest BCUT2D eigenvalue weighted by Crippen LogP contribution is -2.23. The van der Waals surface area contributed by atoms with E-state index in [1.54, 1.807) is 6.20 Å². The average Bonchev–Trinajstić information content (AvgIpc) is 3.28. The number of amides is 1. The third-order valence-electron chi connectivity index (χ3n) is 3.93. The Morgan fingerprint density at radius 3 is 2.64 bits per heavy atom. The van der Waals surface area contributed by atoms with E-state index in [-0.39, 0.29) is 11.2 Å². The molecule has 0 saturated heterocycles. The molecule has 0 aliphatic heterocycles. The number of thiazole rings is 1. The molecule has 0 spiro atoms. The second-order valence-electron chi connectivity index (χ2n) is 6.79. The van der Waals surface area contributed by atoms with E-state index in [1.165, 1.54) is 23.1 Å². The number of anilines is 1. The summed E-state index contributed by atoms with van der Waals surface area (Å²) >= 11 is 8.79. The molecule has 28 heavy (non-hydrogen) atoms. The first-order chi connectivity index (χ1) is 13.4. The van der Waals surface area contributed by atoms with Crippen LogP contribution >= 0.6 is 34.7 Å². The van der Waals surface area contributed by atoms with Crippen molar-refractivity contribution in [3.63, 3.8) is 0 Å². The van der Waals surface area contributed by atoms with Gasteiger partial charge in [-0.15, -0.1) is 21.5 Å². The van der Waals surface area contributed by atoms with Crippen molar-refractivity contribution in [2.75, 3.05) is 5.32 Å². The van der Waals surface area contributed by atoms with Crippen molar-refractivity contribution < 1.29 is 4.79 Å². The number of hydrogen-bond donors (Lipinski definition) is 1. The maximum atomic E-state index is 12.4. The zero-order valence-corrected chi connectivity index (χ0v) is 18.3. The highest BCUT2D eigenvalue weighted by Crippen LogP contribution is 2.26. The molecule has 1 N–H and O–H groups in total. The standard InChI is InChI=1S/C19H22ClN5OS2/c1-12(2)11-25-16(10-14-4-6-15(20)7-5-14)23-24-19(25)28-13(3)17(26)22-18-21-8-9-27-18/h4-9,12-13H,10-11H2,1-3H3,(H,21,22,26)/t13-/m1/s1. The van der Waals surface area contributed by atoms with Gasteiger partial charge in [0.05, 0.1) is 5.25 Å². The van der Waals surface area contributed by atoms with Crippen molar-refractivity contribution in [2.24, 2.45) is 5.92 Å². The Morgan fingerprint density at radius 1 is 1.25 bits per heavy atom. The van der Waals surface area contributed by atoms with Gasteiger partial charge in [-0.2, -0.15) is 0 Å². The molecule has 0 unspecified atom stereocenters. The first-order valence-electron chi connectivity index (χ1n) is 8.96. The summed E-state index contributed by atoms with van der Waals surface area (Å²) < 4.78 is 2.11. The van der Waals surface area contributed by atoms with E-state index >= 15 is 0 Å². The first kappa shape index (κ1) is 20.8. The third kappa shape index (κ3) is 5.56. The van der Waals surface area contributed by atoms with Crippen LogP contribution in [-0.2, 0) is 17.8 Å². The van der Waals surface area contributed by atoms with Gasteiger partial charge < -0.3 is 9.88 Å². The van der Waals surface area contributed by atoms with Crippen LogP contribution in [0.25, 0.3) is 0 Å². The quantitative estimate of drug-likeness (QED) is 0.516. The Bertz CT molecular complexity index is 909. The maximum absolute atomic E-state index is 12.4. The molecular formula is C19H22ClN5OS2. The van der Waals surface area contributed by atoms with Crippen LogP contribution < -0.4 is 5.32 Å². The summed E-state index contributed by atoms with van der Waals surface area (Å²) in [5, 5.41) is 15.2. The molecular weight excluding hydrogens is 414 g/mol. The van der Waals surface area contributed by atoms with Gasteiger partial charge in [-0.05, 0) is 30.5 Å². The molecule has 1 atom stereocenters. The van der Waals surface area contributed by atoms with E-state index in [1.807, 2.05) is 36.6 Å². The summed E-state index contributed by atoms with van der Waals surface area (Å²) in [4.78, 5) is 16.5. The Hall–Kier alpha value is -1.90. The van der Waals surface area contributed by atoms with Crippen LogP contribution in [0.2, 0.25) is 5.02 Å². The van der Waals surface area contributed by atoms with Gasteiger partial charge in [0, 0.05) is 29.6 Å². The molecule has 9 heteroatoms. The predicted molar refractivity (Wildman–Crippen MR) is 115 cm³/mol. The van der Waals surface area contributed by atoms with E-state index in [0.29, 0.717) is 22.5 Å². The number of nitrogens with zero attached hydrogens (tertiary/aromatic N) is 4. The fourth-order valence-corrected chi connectivity index (χ4v) is 4.11. The summed E-state index contributed by atoms with van der Waals surface area (Å²) in [5.41, 5.74) is 1.12. The molecule has 1 aromatic carbocycles. The van der Waals surface area contributed by atoms with Crippen LogP contribution in [0, 0.1) is 5.92 Å². The van der Waals surface area contributed by atoms with Gasteiger partial charge in [0.25, 0.3) is 0 Å². The van der Waals surface area contributed by atoms with Crippen LogP contribution in [0.5, 0.6) is 0 Å². The van der Waals surface area contributed by atoms with Crippen molar-refractivity contribution in [2.45, 2.75) is 44.1 Å². The molecule has 0 bridgehead atoms. The Kier molecular flexibility index (Phi) is 7.09. The van der Waals surface area contributed by atoms with Crippen LogP contribution in [-0.4, -0.2) is 30.9 Å². The second kappa shape index (κ2) is 9.54. The van der Waals surface area contributed by atoms with Gasteiger partial charge in [-0.1, -0.05) is 49.3 Å². The van der Waals surface area contributed by atoms with Crippen molar-refractivity contribution in [1.82, 2.24) is 19.7 Å². The number of rotatable bonds is 8. The number of thioether (sulfide) groups is 1. The lowest BCUT2D eigenvalue weighted by molar-refractivity contribution is -0.115. The summed E-state index contributed by atoms with van der Waals surface area (Å²) in [5.74, 6) is 1.21. The monoisotopic (exact) mass is 435 g/mol. The number of benzene rings is 1. The van der Waals surface area contributed by atoms with Crippen LogP contribution in [0.4, 0.5) is 5.13 Å². The normalized spacial score (nSPS) is 12.3. The number of carbonyl (C=O) groups excluding carboxylic acids is 1. The molecule has 148 valence electrons. The Balaban J connectivity index is 1.75. The molecule has 1 amide bonds. The zero-order chi connectivity index (χ0) is 20.1. The van der Waals surface area contributed by atoms with Crippen molar-refractivity contribution in [1.29, 1.82) is 0 Å². The molecule has 0 saturated carbocycles. The minimum atomic E-state index is -0.317. The molecule has 0 aliphatic carbocycles. The molecule has 3 aromatic rings. The molecule has 0 radical (unpaired) electrons. The van der Waals surface area contributed by atoms with Gasteiger partial charge in [0.15, 0.2) is 10.3 Å². The van der Waals surface area contributed by atoms with E-state index in [2.05, 4.69) is 38.9 Å². The summed E-state index contributed by atoms with van der Waals surface area (Å²) in [6, 6.07) is 7.74. The van der Waals surface area contributed by atoms with Gasteiger partial charge >= 0.3 is 0 Å². The first-order valence-corrected chi connectivity index (χ1v) is 11.1. The summed E-state index contributed by atoms with van der Waals surface area (Å²) in [6.45, 7) is 6.96. The van der Waals surface area contributed by atoms with Crippen molar-refractivity contribution in [3.8, 4) is 0 Å². The zero-order valence-electron chi connectivity index (χ0n) is 15.9. The third-order valence-corrected chi connectivity index (χ3v) is 5.95. The smallest absolute Gasteiger partial charge is 0.239 e. The van der Waals surface area contributed by atoms with E-state index < -0.39 is 0 Å². The molecule has 0 aliphatic rings. The fraction of sp³-hybridized carbons (Fsp3) is 0.368. The van der Waals surface area contributed by atoms with Gasteiger partial charge in [-0.3, -0.25) is 4.79 Å². The Labute approximate surface area is 177 Å². The lowest BCUT2D eigenvalue weighted by Gasteiger charge is -2.15. The number of halogens is 1. The van der Waals surface area contributed by atoms with Gasteiger partial charge in [-0.25, -0.2) is 4.98 Å². The molecule has 0 fully saturated rings. The van der Waals surface area contributed by atoms with Crippen LogP contribution in [0.3, 0.4) is 0 Å². The van der Waals surface area contributed by atoms with E-state index in [4.69, 9.17) is 11.6 Å². The highest BCUT2D eigenvalue weighted by Gasteiger charge is 2.21. The van der Waals surface area contributed by atoms with E-state index in [0.717, 1.165) is 23.1 Å². The largest absolute Gasteiger partial charge is 0.305 e. The number of nitrogens with one attached hydrogen (secondary N) is 1. The highest BCUT2D eigenvalue weighted by atomic mass is 35.5. The van der Waals surface area contributed by atoms with E-state index in [9.17, 15) is 4.79 Å². The summed E-state index contributed by atoms with van der Waals surface area (Å²) in [7, 11) is 0. The minimum Gasteiger partial charge on any atom is -0.305 e. The molecule has 2 heterocycles. The Morgan fingerprint density at radius 2 is 2.00 bits per heavy atom.